The number of carbonyl (C=O) groups excluding carboxylic acids is 1. The molecule has 1 N–H and O–H groups in total. The Bertz CT molecular complexity index is 354. The summed E-state index contributed by atoms with van der Waals surface area (Å²) in [6.07, 6.45) is 0.795. The van der Waals surface area contributed by atoms with Gasteiger partial charge in [0.2, 0.25) is 0 Å². The Hall–Kier alpha value is -0.540. The summed E-state index contributed by atoms with van der Waals surface area (Å²) in [5.41, 5.74) is 1.68. The molecule has 0 fully saturated rings. The zero-order valence-corrected chi connectivity index (χ0v) is 10.9. The molecule has 1 amide bonds. The maximum atomic E-state index is 11.7. The van der Waals surface area contributed by atoms with Crippen LogP contribution >= 0.6 is 27.5 Å². The van der Waals surface area contributed by atoms with Crippen molar-refractivity contribution in [2.75, 3.05) is 12.4 Å². The van der Waals surface area contributed by atoms with Gasteiger partial charge in [0, 0.05) is 22.5 Å². The van der Waals surface area contributed by atoms with Crippen molar-refractivity contribution in [3.05, 3.63) is 33.8 Å². The largest absolute Gasteiger partial charge is 0.352 e. The highest BCUT2D eigenvalue weighted by Crippen LogP contribution is 2.15. The summed E-state index contributed by atoms with van der Waals surface area (Å²) in [5, 5.41) is 2.82. The maximum absolute atomic E-state index is 11.7. The maximum Gasteiger partial charge on any atom is 0.251 e. The Morgan fingerprint density at radius 2 is 2.27 bits per heavy atom. The van der Waals surface area contributed by atoms with Gasteiger partial charge in [0.15, 0.2) is 0 Å². The molecular weight excluding hydrogens is 277 g/mol. The minimum atomic E-state index is -0.0369. The van der Waals surface area contributed by atoms with Gasteiger partial charge in [0.05, 0.1) is 0 Å². The molecule has 0 saturated carbocycles. The second-order valence-corrected chi connectivity index (χ2v) is 4.55. The van der Waals surface area contributed by atoms with E-state index in [2.05, 4.69) is 21.2 Å². The van der Waals surface area contributed by atoms with E-state index in [4.69, 9.17) is 11.6 Å². The zero-order chi connectivity index (χ0) is 11.3. The molecule has 0 radical (unpaired) electrons. The van der Waals surface area contributed by atoms with Crippen LogP contribution in [-0.2, 0) is 0 Å². The molecule has 15 heavy (non-hydrogen) atoms. The fourth-order valence-corrected chi connectivity index (χ4v) is 1.85. The Morgan fingerprint density at radius 1 is 1.53 bits per heavy atom. The predicted molar refractivity (Wildman–Crippen MR) is 66.5 cm³/mol. The lowest BCUT2D eigenvalue weighted by atomic mass is 10.1. The van der Waals surface area contributed by atoms with Crippen LogP contribution in [0, 0.1) is 6.92 Å². The van der Waals surface area contributed by atoms with Crippen LogP contribution in [0.5, 0.6) is 0 Å². The van der Waals surface area contributed by atoms with Crippen molar-refractivity contribution < 1.29 is 4.79 Å². The lowest BCUT2D eigenvalue weighted by Crippen LogP contribution is -2.25. The first-order chi connectivity index (χ1) is 7.15. The van der Waals surface area contributed by atoms with Crippen molar-refractivity contribution in [2.24, 2.45) is 0 Å². The third-order valence-electron chi connectivity index (χ3n) is 2.03. The quantitative estimate of drug-likeness (QED) is 0.670. The van der Waals surface area contributed by atoms with Gasteiger partial charge in [-0.1, -0.05) is 15.9 Å². The van der Waals surface area contributed by atoms with Gasteiger partial charge in [0.1, 0.15) is 0 Å². The van der Waals surface area contributed by atoms with Crippen LogP contribution in [0.1, 0.15) is 22.3 Å². The third-order valence-corrected chi connectivity index (χ3v) is 2.79. The Kier molecular flexibility index (Phi) is 5.12. The van der Waals surface area contributed by atoms with E-state index in [0.717, 1.165) is 16.5 Å². The second-order valence-electron chi connectivity index (χ2n) is 3.26. The van der Waals surface area contributed by atoms with Crippen molar-refractivity contribution in [1.29, 1.82) is 0 Å². The number of aryl methyl sites for hydroxylation is 1. The number of hydrogen-bond acceptors (Lipinski definition) is 1. The summed E-state index contributed by atoms with van der Waals surface area (Å²) in [7, 11) is 0. The predicted octanol–water partition coefficient (Wildman–Crippen LogP) is 3.12. The Morgan fingerprint density at radius 3 is 2.87 bits per heavy atom. The number of halogens is 2. The number of carbonyl (C=O) groups is 1. The smallest absolute Gasteiger partial charge is 0.251 e. The molecule has 0 aliphatic carbocycles. The molecular formula is C11H13BrClNO. The van der Waals surface area contributed by atoms with Crippen LogP contribution in [0.25, 0.3) is 0 Å². The van der Waals surface area contributed by atoms with E-state index in [1.165, 1.54) is 0 Å². The van der Waals surface area contributed by atoms with E-state index >= 15 is 0 Å². The van der Waals surface area contributed by atoms with Crippen LogP contribution in [-0.4, -0.2) is 18.3 Å². The first-order valence-corrected chi connectivity index (χ1v) is 6.08. The fourth-order valence-electron chi connectivity index (χ4n) is 1.25. The highest BCUT2D eigenvalue weighted by Gasteiger charge is 2.07. The molecule has 1 aromatic rings. The van der Waals surface area contributed by atoms with Crippen LogP contribution in [0.3, 0.4) is 0 Å². The Balaban J connectivity index is 2.65. The van der Waals surface area contributed by atoms with E-state index in [-0.39, 0.29) is 5.91 Å². The van der Waals surface area contributed by atoms with Crippen molar-refractivity contribution >= 4 is 33.4 Å². The summed E-state index contributed by atoms with van der Waals surface area (Å²) >= 11 is 8.89. The van der Waals surface area contributed by atoms with E-state index in [9.17, 15) is 4.79 Å². The van der Waals surface area contributed by atoms with Gasteiger partial charge < -0.3 is 5.32 Å². The normalized spacial score (nSPS) is 10.1. The summed E-state index contributed by atoms with van der Waals surface area (Å²) in [4.78, 5) is 11.7. The molecule has 0 aromatic heterocycles. The van der Waals surface area contributed by atoms with Gasteiger partial charge >= 0.3 is 0 Å². The first-order valence-electron chi connectivity index (χ1n) is 4.75. The highest BCUT2D eigenvalue weighted by atomic mass is 79.9. The number of rotatable bonds is 4. The van der Waals surface area contributed by atoms with E-state index in [1.54, 1.807) is 0 Å². The van der Waals surface area contributed by atoms with Crippen molar-refractivity contribution in [1.82, 2.24) is 5.32 Å². The minimum absolute atomic E-state index is 0.0369. The molecule has 1 rings (SSSR count). The van der Waals surface area contributed by atoms with Gasteiger partial charge in [-0.05, 0) is 37.1 Å². The number of benzene rings is 1. The third kappa shape index (κ3) is 3.84. The molecule has 0 spiro atoms. The van der Waals surface area contributed by atoms with Crippen LogP contribution in [0.2, 0.25) is 0 Å². The average molecular weight is 291 g/mol. The molecule has 2 nitrogen and oxygen atoms in total. The van der Waals surface area contributed by atoms with Crippen LogP contribution in [0.15, 0.2) is 22.7 Å². The minimum Gasteiger partial charge on any atom is -0.352 e. The van der Waals surface area contributed by atoms with E-state index in [0.29, 0.717) is 18.0 Å². The molecule has 0 aliphatic heterocycles. The molecule has 0 atom stereocenters. The van der Waals surface area contributed by atoms with Crippen LogP contribution in [0.4, 0.5) is 0 Å². The Labute approximate surface area is 103 Å². The van der Waals surface area contributed by atoms with Gasteiger partial charge in [-0.25, -0.2) is 0 Å². The van der Waals surface area contributed by atoms with Crippen molar-refractivity contribution in [3.8, 4) is 0 Å². The summed E-state index contributed by atoms with van der Waals surface area (Å²) in [6, 6.07) is 5.61. The lowest BCUT2D eigenvalue weighted by Gasteiger charge is -2.07. The lowest BCUT2D eigenvalue weighted by molar-refractivity contribution is 0.0953. The van der Waals surface area contributed by atoms with E-state index in [1.807, 2.05) is 25.1 Å². The van der Waals surface area contributed by atoms with Gasteiger partial charge in [-0.3, -0.25) is 4.79 Å². The highest BCUT2D eigenvalue weighted by molar-refractivity contribution is 9.10. The number of amides is 1. The molecule has 0 unspecified atom stereocenters. The molecule has 82 valence electrons. The van der Waals surface area contributed by atoms with Gasteiger partial charge in [0.25, 0.3) is 5.91 Å². The van der Waals surface area contributed by atoms with Gasteiger partial charge in [-0.15, -0.1) is 11.6 Å². The summed E-state index contributed by atoms with van der Waals surface area (Å²) in [5.74, 6) is 0.532. The SMILES string of the molecule is Cc1cc(Br)ccc1C(=O)NCCCCl. The molecule has 0 heterocycles. The van der Waals surface area contributed by atoms with E-state index < -0.39 is 0 Å². The first kappa shape index (κ1) is 12.5. The number of nitrogens with one attached hydrogen (secondary N) is 1. The molecule has 4 heteroatoms. The summed E-state index contributed by atoms with van der Waals surface area (Å²) in [6.45, 7) is 2.54. The fraction of sp³-hybridized carbons (Fsp3) is 0.364. The van der Waals surface area contributed by atoms with Crippen molar-refractivity contribution in [2.45, 2.75) is 13.3 Å². The topological polar surface area (TPSA) is 29.1 Å². The molecule has 0 aliphatic rings. The molecule has 1 aromatic carbocycles. The number of alkyl halides is 1. The second kappa shape index (κ2) is 6.13. The molecule has 0 bridgehead atoms. The standard InChI is InChI=1S/C11H13BrClNO/c1-8-7-9(12)3-4-10(8)11(15)14-6-2-5-13/h3-4,7H,2,5-6H2,1H3,(H,14,15). The van der Waals surface area contributed by atoms with Crippen LogP contribution < -0.4 is 5.32 Å². The van der Waals surface area contributed by atoms with Gasteiger partial charge in [-0.2, -0.15) is 0 Å². The average Bonchev–Trinajstić information content (AvgIpc) is 2.17. The number of hydrogen-bond donors (Lipinski definition) is 1. The molecule has 0 saturated heterocycles. The van der Waals surface area contributed by atoms with Crippen molar-refractivity contribution in [3.63, 3.8) is 0 Å². The monoisotopic (exact) mass is 289 g/mol. The summed E-state index contributed by atoms with van der Waals surface area (Å²) < 4.78 is 0.984. The zero-order valence-electron chi connectivity index (χ0n) is 8.52.